The smallest absolute Gasteiger partial charge is 0.166 e. The standard InChI is InChI=1S/C14H18ClNO2/c15-10-8-12-14(18-7-3-6-17-12)13-9(10)4-1-2-5-11(13)16/h8,11H,1-7,16H2/t11-/m0/s1. The summed E-state index contributed by atoms with van der Waals surface area (Å²) in [7, 11) is 0. The molecule has 1 atom stereocenters. The average molecular weight is 268 g/mol. The Kier molecular flexibility index (Phi) is 3.35. The molecule has 0 amide bonds. The van der Waals surface area contributed by atoms with Gasteiger partial charge in [0, 0.05) is 29.1 Å². The van der Waals surface area contributed by atoms with Gasteiger partial charge in [0.1, 0.15) is 0 Å². The fourth-order valence-electron chi connectivity index (χ4n) is 2.79. The van der Waals surface area contributed by atoms with Gasteiger partial charge in [0.05, 0.1) is 13.2 Å². The average Bonchev–Trinajstić information content (AvgIpc) is 2.68. The van der Waals surface area contributed by atoms with Crippen LogP contribution in [0.15, 0.2) is 6.07 Å². The molecule has 2 aliphatic rings. The molecule has 1 aromatic rings. The van der Waals surface area contributed by atoms with Crippen LogP contribution in [0.1, 0.15) is 42.9 Å². The number of hydrogen-bond acceptors (Lipinski definition) is 3. The minimum absolute atomic E-state index is 0.0108. The van der Waals surface area contributed by atoms with Gasteiger partial charge in [0.15, 0.2) is 11.5 Å². The van der Waals surface area contributed by atoms with Gasteiger partial charge in [0.2, 0.25) is 0 Å². The fourth-order valence-corrected chi connectivity index (χ4v) is 3.09. The lowest BCUT2D eigenvalue weighted by molar-refractivity contribution is 0.295. The number of nitrogens with two attached hydrogens (primary N) is 1. The van der Waals surface area contributed by atoms with Crippen molar-refractivity contribution < 1.29 is 9.47 Å². The summed E-state index contributed by atoms with van der Waals surface area (Å²) < 4.78 is 11.6. The Hall–Kier alpha value is -0.930. The third-order valence-corrected chi connectivity index (χ3v) is 4.03. The number of halogens is 1. The first-order valence-electron chi connectivity index (χ1n) is 6.64. The van der Waals surface area contributed by atoms with Gasteiger partial charge in [-0.2, -0.15) is 0 Å². The Balaban J connectivity index is 2.17. The zero-order valence-corrected chi connectivity index (χ0v) is 11.1. The predicted molar refractivity (Wildman–Crippen MR) is 71.5 cm³/mol. The zero-order valence-electron chi connectivity index (χ0n) is 10.4. The van der Waals surface area contributed by atoms with Crippen LogP contribution in [0.2, 0.25) is 5.02 Å². The third kappa shape index (κ3) is 2.06. The summed E-state index contributed by atoms with van der Waals surface area (Å²) in [6.45, 7) is 1.37. The highest BCUT2D eigenvalue weighted by molar-refractivity contribution is 6.31. The van der Waals surface area contributed by atoms with Crippen molar-refractivity contribution in [3.8, 4) is 11.5 Å². The summed E-state index contributed by atoms with van der Waals surface area (Å²) in [4.78, 5) is 0. The Morgan fingerprint density at radius 1 is 1.17 bits per heavy atom. The maximum atomic E-state index is 6.38. The molecule has 0 radical (unpaired) electrons. The van der Waals surface area contributed by atoms with Gasteiger partial charge < -0.3 is 15.2 Å². The van der Waals surface area contributed by atoms with Gasteiger partial charge in [-0.05, 0) is 24.8 Å². The lowest BCUT2D eigenvalue weighted by Gasteiger charge is -2.20. The van der Waals surface area contributed by atoms with Gasteiger partial charge in [-0.15, -0.1) is 0 Å². The second kappa shape index (κ2) is 4.98. The van der Waals surface area contributed by atoms with E-state index in [9.17, 15) is 0 Å². The molecule has 0 unspecified atom stereocenters. The van der Waals surface area contributed by atoms with E-state index in [1.807, 2.05) is 6.07 Å². The van der Waals surface area contributed by atoms with E-state index in [4.69, 9.17) is 26.8 Å². The maximum Gasteiger partial charge on any atom is 0.166 e. The summed E-state index contributed by atoms with van der Waals surface area (Å²) in [6, 6.07) is 1.90. The molecule has 0 bridgehead atoms. The van der Waals surface area contributed by atoms with E-state index in [0.717, 1.165) is 59.8 Å². The van der Waals surface area contributed by atoms with Crippen LogP contribution >= 0.6 is 11.6 Å². The van der Waals surface area contributed by atoms with Crippen molar-refractivity contribution in [3.05, 3.63) is 22.2 Å². The van der Waals surface area contributed by atoms with E-state index in [1.165, 1.54) is 0 Å². The van der Waals surface area contributed by atoms with E-state index >= 15 is 0 Å². The van der Waals surface area contributed by atoms with Crippen LogP contribution in [0.25, 0.3) is 0 Å². The van der Waals surface area contributed by atoms with Crippen LogP contribution in [0.5, 0.6) is 11.5 Å². The molecule has 1 heterocycles. The molecule has 2 N–H and O–H groups in total. The molecule has 18 heavy (non-hydrogen) atoms. The van der Waals surface area contributed by atoms with Crippen molar-refractivity contribution in [2.45, 2.75) is 38.1 Å². The van der Waals surface area contributed by atoms with Crippen molar-refractivity contribution in [1.29, 1.82) is 0 Å². The zero-order chi connectivity index (χ0) is 12.5. The molecule has 0 spiro atoms. The minimum atomic E-state index is 0.0108. The van der Waals surface area contributed by atoms with Gasteiger partial charge in [-0.25, -0.2) is 0 Å². The molecule has 0 saturated carbocycles. The Morgan fingerprint density at radius 3 is 2.89 bits per heavy atom. The van der Waals surface area contributed by atoms with Crippen molar-refractivity contribution in [1.82, 2.24) is 0 Å². The van der Waals surface area contributed by atoms with Crippen molar-refractivity contribution in [2.24, 2.45) is 5.73 Å². The first-order valence-corrected chi connectivity index (χ1v) is 7.01. The summed E-state index contributed by atoms with van der Waals surface area (Å²) in [5.74, 6) is 1.59. The largest absolute Gasteiger partial charge is 0.489 e. The van der Waals surface area contributed by atoms with Crippen LogP contribution in [-0.2, 0) is 6.42 Å². The monoisotopic (exact) mass is 267 g/mol. The van der Waals surface area contributed by atoms with Gasteiger partial charge in [-0.3, -0.25) is 0 Å². The Labute approximate surface area is 112 Å². The lowest BCUT2D eigenvalue weighted by Crippen LogP contribution is -2.13. The topological polar surface area (TPSA) is 44.5 Å². The van der Waals surface area contributed by atoms with Gasteiger partial charge in [-0.1, -0.05) is 18.0 Å². The van der Waals surface area contributed by atoms with E-state index in [2.05, 4.69) is 0 Å². The first-order chi connectivity index (χ1) is 8.77. The predicted octanol–water partition coefficient (Wildman–Crippen LogP) is 3.23. The first kappa shape index (κ1) is 12.1. The Bertz CT molecular complexity index is 462. The molecule has 0 fully saturated rings. The molecule has 3 nitrogen and oxygen atoms in total. The highest BCUT2D eigenvalue weighted by Crippen LogP contribution is 2.44. The SMILES string of the molecule is N[C@H]1CCCCc2c(Cl)cc3c(c21)OCCCO3. The van der Waals surface area contributed by atoms with E-state index in [-0.39, 0.29) is 6.04 Å². The maximum absolute atomic E-state index is 6.38. The van der Waals surface area contributed by atoms with Crippen LogP contribution < -0.4 is 15.2 Å². The minimum Gasteiger partial charge on any atom is -0.489 e. The summed E-state index contributed by atoms with van der Waals surface area (Å²) in [6.07, 6.45) is 5.15. The second-order valence-electron chi connectivity index (χ2n) is 4.98. The lowest BCUT2D eigenvalue weighted by atomic mass is 9.97. The molecule has 4 heteroatoms. The highest BCUT2D eigenvalue weighted by Gasteiger charge is 2.26. The van der Waals surface area contributed by atoms with E-state index in [1.54, 1.807) is 0 Å². The molecular weight excluding hydrogens is 250 g/mol. The molecule has 1 aliphatic heterocycles. The second-order valence-corrected chi connectivity index (χ2v) is 5.39. The number of fused-ring (bicyclic) bond motifs is 3. The van der Waals surface area contributed by atoms with Crippen LogP contribution in [0.4, 0.5) is 0 Å². The molecule has 0 saturated heterocycles. The fraction of sp³-hybridized carbons (Fsp3) is 0.571. The molecule has 1 aromatic carbocycles. The molecule has 98 valence electrons. The summed E-state index contributed by atoms with van der Waals surface area (Å²) in [5.41, 5.74) is 8.53. The highest BCUT2D eigenvalue weighted by atomic mass is 35.5. The molecule has 0 aromatic heterocycles. The Morgan fingerprint density at radius 2 is 2.00 bits per heavy atom. The third-order valence-electron chi connectivity index (χ3n) is 3.69. The normalized spacial score (nSPS) is 22.9. The molecular formula is C14H18ClNO2. The van der Waals surface area contributed by atoms with Gasteiger partial charge >= 0.3 is 0 Å². The van der Waals surface area contributed by atoms with Crippen molar-refractivity contribution in [3.63, 3.8) is 0 Å². The quantitative estimate of drug-likeness (QED) is 0.734. The summed E-state index contributed by atoms with van der Waals surface area (Å²) >= 11 is 6.38. The van der Waals surface area contributed by atoms with E-state index in [0.29, 0.717) is 13.2 Å². The number of hydrogen-bond donors (Lipinski definition) is 1. The van der Waals surface area contributed by atoms with Crippen LogP contribution in [0, 0.1) is 0 Å². The summed E-state index contributed by atoms with van der Waals surface area (Å²) in [5, 5.41) is 0.770. The number of benzene rings is 1. The number of rotatable bonds is 0. The van der Waals surface area contributed by atoms with Crippen LogP contribution in [-0.4, -0.2) is 13.2 Å². The van der Waals surface area contributed by atoms with Crippen LogP contribution in [0.3, 0.4) is 0 Å². The van der Waals surface area contributed by atoms with Crippen molar-refractivity contribution in [2.75, 3.05) is 13.2 Å². The van der Waals surface area contributed by atoms with E-state index < -0.39 is 0 Å². The van der Waals surface area contributed by atoms with Crippen molar-refractivity contribution >= 4 is 11.6 Å². The van der Waals surface area contributed by atoms with Gasteiger partial charge in [0.25, 0.3) is 0 Å². The molecule has 1 aliphatic carbocycles. The number of ether oxygens (including phenoxy) is 2. The molecule has 3 rings (SSSR count).